The number of nitrogens with one attached hydrogen (secondary N) is 1. The standard InChI is InChI=1S/C11H15ClFNO3S/c1-8(4-5-15)7-14-18(16,17)11-3-2-9(13)6-10(11)12/h2-3,6,8,14-15H,4-5,7H2,1H3. The van der Waals surface area contributed by atoms with E-state index in [1.54, 1.807) is 0 Å². The van der Waals surface area contributed by atoms with Gasteiger partial charge in [-0.2, -0.15) is 0 Å². The molecule has 0 aliphatic carbocycles. The molecule has 0 amide bonds. The molecule has 2 N–H and O–H groups in total. The number of halogens is 2. The van der Waals surface area contributed by atoms with Crippen LogP contribution in [0.15, 0.2) is 23.1 Å². The van der Waals surface area contributed by atoms with Crippen LogP contribution in [0, 0.1) is 11.7 Å². The van der Waals surface area contributed by atoms with Crippen molar-refractivity contribution < 1.29 is 17.9 Å². The predicted octanol–water partition coefficient (Wildman–Crippen LogP) is 1.78. The first-order valence-corrected chi connectivity index (χ1v) is 7.28. The molecular formula is C11H15ClFNO3S. The SMILES string of the molecule is CC(CCO)CNS(=O)(=O)c1ccc(F)cc1Cl. The summed E-state index contributed by atoms with van der Waals surface area (Å²) in [6.07, 6.45) is 0.500. The third-order valence-corrected chi connectivity index (χ3v) is 4.33. The van der Waals surface area contributed by atoms with Gasteiger partial charge in [-0.15, -0.1) is 0 Å². The number of aliphatic hydroxyl groups excluding tert-OH is 1. The first-order chi connectivity index (χ1) is 8.36. The lowest BCUT2D eigenvalue weighted by Crippen LogP contribution is -2.29. The van der Waals surface area contributed by atoms with Crippen LogP contribution in [0.1, 0.15) is 13.3 Å². The highest BCUT2D eigenvalue weighted by Crippen LogP contribution is 2.22. The highest BCUT2D eigenvalue weighted by Gasteiger charge is 2.18. The quantitative estimate of drug-likeness (QED) is 0.840. The fraction of sp³-hybridized carbons (Fsp3) is 0.455. The Hall–Kier alpha value is -0.690. The van der Waals surface area contributed by atoms with E-state index in [1.165, 1.54) is 0 Å². The minimum absolute atomic E-state index is 0.000197. The Balaban J connectivity index is 2.80. The molecular weight excluding hydrogens is 281 g/mol. The molecule has 0 heterocycles. The molecule has 0 fully saturated rings. The molecule has 0 saturated heterocycles. The summed E-state index contributed by atoms with van der Waals surface area (Å²) in [6, 6.07) is 3.11. The third kappa shape index (κ3) is 4.20. The second-order valence-electron chi connectivity index (χ2n) is 4.04. The molecule has 0 radical (unpaired) electrons. The highest BCUT2D eigenvalue weighted by molar-refractivity contribution is 7.89. The third-order valence-electron chi connectivity index (χ3n) is 2.43. The summed E-state index contributed by atoms with van der Waals surface area (Å²) in [4.78, 5) is -0.151. The number of hydrogen-bond acceptors (Lipinski definition) is 3. The van der Waals surface area contributed by atoms with Gasteiger partial charge in [-0.05, 0) is 30.5 Å². The van der Waals surface area contributed by atoms with Crippen molar-refractivity contribution in [2.24, 2.45) is 5.92 Å². The van der Waals surface area contributed by atoms with Crippen molar-refractivity contribution in [3.05, 3.63) is 29.0 Å². The van der Waals surface area contributed by atoms with E-state index in [9.17, 15) is 12.8 Å². The Morgan fingerprint density at radius 3 is 2.72 bits per heavy atom. The molecule has 0 spiro atoms. The maximum atomic E-state index is 12.8. The van der Waals surface area contributed by atoms with E-state index >= 15 is 0 Å². The van der Waals surface area contributed by atoms with Crippen LogP contribution in [-0.2, 0) is 10.0 Å². The number of hydrogen-bond donors (Lipinski definition) is 2. The average Bonchev–Trinajstić information content (AvgIpc) is 2.26. The molecule has 1 aromatic carbocycles. The smallest absolute Gasteiger partial charge is 0.242 e. The lowest BCUT2D eigenvalue weighted by Gasteiger charge is -2.12. The fourth-order valence-corrected chi connectivity index (χ4v) is 3.04. The van der Waals surface area contributed by atoms with E-state index in [-0.39, 0.29) is 29.0 Å². The van der Waals surface area contributed by atoms with E-state index in [0.717, 1.165) is 18.2 Å². The molecule has 7 heteroatoms. The first kappa shape index (κ1) is 15.4. The lowest BCUT2D eigenvalue weighted by atomic mass is 10.1. The second-order valence-corrected chi connectivity index (χ2v) is 6.19. The van der Waals surface area contributed by atoms with Gasteiger partial charge in [-0.3, -0.25) is 0 Å². The van der Waals surface area contributed by atoms with Crippen molar-refractivity contribution in [3.8, 4) is 0 Å². The fourth-order valence-electron chi connectivity index (χ4n) is 1.35. The van der Waals surface area contributed by atoms with E-state index in [2.05, 4.69) is 4.72 Å². The van der Waals surface area contributed by atoms with E-state index in [1.807, 2.05) is 6.92 Å². The Bertz CT molecular complexity index is 507. The Labute approximate surface area is 111 Å². The van der Waals surface area contributed by atoms with Gasteiger partial charge in [0.2, 0.25) is 10.0 Å². The molecule has 0 bridgehead atoms. The van der Waals surface area contributed by atoms with Gasteiger partial charge in [0.05, 0.1) is 5.02 Å². The van der Waals surface area contributed by atoms with Crippen LogP contribution in [0.4, 0.5) is 4.39 Å². The van der Waals surface area contributed by atoms with Crippen LogP contribution >= 0.6 is 11.6 Å². The molecule has 0 aliphatic heterocycles. The molecule has 4 nitrogen and oxygen atoms in total. The van der Waals surface area contributed by atoms with Crippen molar-refractivity contribution in [2.45, 2.75) is 18.2 Å². The summed E-state index contributed by atoms with van der Waals surface area (Å²) in [5, 5.41) is 8.56. The Kier molecular flexibility index (Phi) is 5.52. The maximum absolute atomic E-state index is 12.8. The van der Waals surface area contributed by atoms with Crippen molar-refractivity contribution in [1.82, 2.24) is 4.72 Å². The van der Waals surface area contributed by atoms with Crippen LogP contribution in [-0.4, -0.2) is 26.7 Å². The zero-order chi connectivity index (χ0) is 13.8. The summed E-state index contributed by atoms with van der Waals surface area (Å²) in [5.74, 6) is -0.586. The molecule has 1 rings (SSSR count). The minimum Gasteiger partial charge on any atom is -0.396 e. The van der Waals surface area contributed by atoms with Crippen LogP contribution in [0.25, 0.3) is 0 Å². The van der Waals surface area contributed by atoms with Crippen molar-refractivity contribution in [2.75, 3.05) is 13.2 Å². The summed E-state index contributed by atoms with van der Waals surface area (Å²) < 4.78 is 39.0. The number of sulfonamides is 1. The minimum atomic E-state index is -3.75. The second kappa shape index (κ2) is 6.47. The molecule has 18 heavy (non-hydrogen) atoms. The molecule has 0 saturated carbocycles. The molecule has 0 aromatic heterocycles. The average molecular weight is 296 g/mol. The van der Waals surface area contributed by atoms with Crippen LogP contribution < -0.4 is 4.72 Å². The largest absolute Gasteiger partial charge is 0.396 e. The molecule has 0 aliphatic rings. The number of aliphatic hydroxyl groups is 1. The van der Waals surface area contributed by atoms with Crippen molar-refractivity contribution in [1.29, 1.82) is 0 Å². The van der Waals surface area contributed by atoms with E-state index in [0.29, 0.717) is 6.42 Å². The van der Waals surface area contributed by atoms with Gasteiger partial charge in [-0.1, -0.05) is 18.5 Å². The van der Waals surface area contributed by atoms with E-state index < -0.39 is 15.8 Å². The van der Waals surface area contributed by atoms with Gasteiger partial charge in [0.15, 0.2) is 0 Å². The normalized spacial score (nSPS) is 13.6. The predicted molar refractivity (Wildman–Crippen MR) is 67.5 cm³/mol. The summed E-state index contributed by atoms with van der Waals surface area (Å²) in [5.41, 5.74) is 0. The lowest BCUT2D eigenvalue weighted by molar-refractivity contribution is 0.263. The Morgan fingerprint density at radius 1 is 1.50 bits per heavy atom. The topological polar surface area (TPSA) is 66.4 Å². The Morgan fingerprint density at radius 2 is 2.17 bits per heavy atom. The number of rotatable bonds is 6. The summed E-state index contributed by atoms with van der Waals surface area (Å²) in [6.45, 7) is 2.00. The zero-order valence-electron chi connectivity index (χ0n) is 9.86. The molecule has 1 atom stereocenters. The molecule has 1 aromatic rings. The molecule has 1 unspecified atom stereocenters. The van der Waals surface area contributed by atoms with Crippen LogP contribution in [0.5, 0.6) is 0 Å². The molecule has 102 valence electrons. The summed E-state index contributed by atoms with van der Waals surface area (Å²) >= 11 is 5.69. The van der Waals surface area contributed by atoms with Gasteiger partial charge in [-0.25, -0.2) is 17.5 Å². The van der Waals surface area contributed by atoms with E-state index in [4.69, 9.17) is 16.7 Å². The van der Waals surface area contributed by atoms with Crippen molar-refractivity contribution >= 4 is 21.6 Å². The van der Waals surface area contributed by atoms with Crippen LogP contribution in [0.3, 0.4) is 0 Å². The van der Waals surface area contributed by atoms with Gasteiger partial charge < -0.3 is 5.11 Å². The number of benzene rings is 1. The van der Waals surface area contributed by atoms with Gasteiger partial charge in [0.25, 0.3) is 0 Å². The van der Waals surface area contributed by atoms with Crippen LogP contribution in [0.2, 0.25) is 5.02 Å². The first-order valence-electron chi connectivity index (χ1n) is 5.42. The maximum Gasteiger partial charge on any atom is 0.242 e. The summed E-state index contributed by atoms with van der Waals surface area (Å²) in [7, 11) is -3.75. The van der Waals surface area contributed by atoms with Gasteiger partial charge in [0.1, 0.15) is 10.7 Å². The van der Waals surface area contributed by atoms with Gasteiger partial charge in [0, 0.05) is 13.2 Å². The van der Waals surface area contributed by atoms with Gasteiger partial charge >= 0.3 is 0 Å². The monoisotopic (exact) mass is 295 g/mol. The van der Waals surface area contributed by atoms with Crippen molar-refractivity contribution in [3.63, 3.8) is 0 Å². The zero-order valence-corrected chi connectivity index (χ0v) is 11.4. The highest BCUT2D eigenvalue weighted by atomic mass is 35.5.